The molecule has 0 amide bonds. The van der Waals surface area contributed by atoms with E-state index in [1.165, 1.54) is 55.2 Å². The molecule has 0 heteroatoms. The average molecular weight is 335 g/mol. The molecular formula is C25H34. The van der Waals surface area contributed by atoms with Crippen LogP contribution in [-0.4, -0.2) is 0 Å². The third-order valence-corrected chi connectivity index (χ3v) is 6.34. The molecule has 2 aromatic rings. The molecule has 134 valence electrons. The van der Waals surface area contributed by atoms with Crippen LogP contribution in [-0.2, 0) is 6.42 Å². The molecule has 0 nitrogen and oxygen atoms in total. The summed E-state index contributed by atoms with van der Waals surface area (Å²) in [7, 11) is 0. The Balaban J connectivity index is 1.63. The largest absolute Gasteiger partial charge is 0.0654 e. The maximum Gasteiger partial charge on any atom is 0.00610 e. The SMILES string of the molecule is CCCC1CCC(c2ccc(C(C)c3ccc(CC)cc3)cc2)CC1. The molecule has 0 saturated heterocycles. The van der Waals surface area contributed by atoms with Crippen molar-refractivity contribution in [3.05, 3.63) is 70.8 Å². The van der Waals surface area contributed by atoms with Gasteiger partial charge in [-0.25, -0.2) is 0 Å². The number of rotatable bonds is 6. The van der Waals surface area contributed by atoms with Crippen molar-refractivity contribution in [2.45, 2.75) is 77.6 Å². The molecule has 1 aliphatic carbocycles. The molecule has 0 spiro atoms. The zero-order valence-corrected chi connectivity index (χ0v) is 16.3. The van der Waals surface area contributed by atoms with Crippen LogP contribution in [0.15, 0.2) is 48.5 Å². The number of benzene rings is 2. The van der Waals surface area contributed by atoms with E-state index >= 15 is 0 Å². The summed E-state index contributed by atoms with van der Waals surface area (Å²) in [6.45, 7) is 6.86. The van der Waals surface area contributed by atoms with E-state index in [-0.39, 0.29) is 0 Å². The Labute approximate surface area is 154 Å². The summed E-state index contributed by atoms with van der Waals surface area (Å²) in [6.07, 6.45) is 9.53. The first-order valence-corrected chi connectivity index (χ1v) is 10.4. The highest BCUT2D eigenvalue weighted by molar-refractivity contribution is 5.35. The van der Waals surface area contributed by atoms with Gasteiger partial charge >= 0.3 is 0 Å². The lowest BCUT2D eigenvalue weighted by molar-refractivity contribution is 0.308. The highest BCUT2D eigenvalue weighted by Gasteiger charge is 2.21. The Bertz CT molecular complexity index is 627. The fourth-order valence-corrected chi connectivity index (χ4v) is 4.48. The van der Waals surface area contributed by atoms with Gasteiger partial charge in [-0.1, -0.05) is 82.1 Å². The van der Waals surface area contributed by atoms with Crippen LogP contribution in [0.2, 0.25) is 0 Å². The summed E-state index contributed by atoms with van der Waals surface area (Å²) in [5.74, 6) is 2.26. The van der Waals surface area contributed by atoms with E-state index in [0.717, 1.165) is 18.3 Å². The molecule has 1 unspecified atom stereocenters. The topological polar surface area (TPSA) is 0 Å². The van der Waals surface area contributed by atoms with E-state index < -0.39 is 0 Å². The maximum atomic E-state index is 2.40. The molecule has 0 aliphatic heterocycles. The zero-order chi connectivity index (χ0) is 17.6. The third-order valence-electron chi connectivity index (χ3n) is 6.34. The van der Waals surface area contributed by atoms with E-state index in [0.29, 0.717) is 5.92 Å². The summed E-state index contributed by atoms with van der Waals surface area (Å²) in [6, 6.07) is 18.7. The van der Waals surface area contributed by atoms with Gasteiger partial charge in [0, 0.05) is 5.92 Å². The first-order chi connectivity index (χ1) is 12.2. The molecule has 0 radical (unpaired) electrons. The Morgan fingerprint density at radius 3 is 1.88 bits per heavy atom. The number of hydrogen-bond donors (Lipinski definition) is 0. The van der Waals surface area contributed by atoms with Crippen LogP contribution in [0.1, 0.15) is 93.4 Å². The molecule has 25 heavy (non-hydrogen) atoms. The molecule has 2 aromatic carbocycles. The van der Waals surface area contributed by atoms with Crippen molar-refractivity contribution in [1.82, 2.24) is 0 Å². The van der Waals surface area contributed by atoms with Gasteiger partial charge in [-0.3, -0.25) is 0 Å². The summed E-state index contributed by atoms with van der Waals surface area (Å²) in [5.41, 5.74) is 5.84. The Morgan fingerprint density at radius 1 is 0.800 bits per heavy atom. The second kappa shape index (κ2) is 8.70. The maximum absolute atomic E-state index is 2.40. The first kappa shape index (κ1) is 18.2. The van der Waals surface area contributed by atoms with Gasteiger partial charge in [0.2, 0.25) is 0 Å². The van der Waals surface area contributed by atoms with Crippen molar-refractivity contribution in [1.29, 1.82) is 0 Å². The standard InChI is InChI=1S/C25H34/c1-4-6-21-9-13-24(14-10-21)25-17-15-23(16-18-25)19(3)22-11-7-20(5-2)8-12-22/h7-8,11-12,15-19,21,24H,4-6,9-10,13-14H2,1-3H3. The second-order valence-corrected chi connectivity index (χ2v) is 7.99. The van der Waals surface area contributed by atoms with Gasteiger partial charge in [-0.15, -0.1) is 0 Å². The van der Waals surface area contributed by atoms with Gasteiger partial charge < -0.3 is 0 Å². The van der Waals surface area contributed by atoms with Crippen molar-refractivity contribution < 1.29 is 0 Å². The first-order valence-electron chi connectivity index (χ1n) is 10.4. The minimum Gasteiger partial charge on any atom is -0.0654 e. The van der Waals surface area contributed by atoms with Gasteiger partial charge in [-0.2, -0.15) is 0 Å². The third kappa shape index (κ3) is 4.54. The lowest BCUT2D eigenvalue weighted by Gasteiger charge is -2.29. The zero-order valence-electron chi connectivity index (χ0n) is 16.3. The van der Waals surface area contributed by atoms with Crippen molar-refractivity contribution in [3.63, 3.8) is 0 Å². The van der Waals surface area contributed by atoms with Crippen molar-refractivity contribution in [2.75, 3.05) is 0 Å². The molecule has 0 bridgehead atoms. The lowest BCUT2D eigenvalue weighted by Crippen LogP contribution is -2.13. The molecule has 1 aliphatic rings. The van der Waals surface area contributed by atoms with Crippen molar-refractivity contribution >= 4 is 0 Å². The predicted octanol–water partition coefficient (Wildman–Crippen LogP) is 7.47. The van der Waals surface area contributed by atoms with Crippen LogP contribution >= 0.6 is 0 Å². The molecule has 1 saturated carbocycles. The number of aryl methyl sites for hydroxylation is 1. The monoisotopic (exact) mass is 334 g/mol. The fourth-order valence-electron chi connectivity index (χ4n) is 4.48. The normalized spacial score (nSPS) is 21.9. The number of hydrogen-bond acceptors (Lipinski definition) is 0. The summed E-state index contributed by atoms with van der Waals surface area (Å²) >= 11 is 0. The van der Waals surface area contributed by atoms with Crippen LogP contribution < -0.4 is 0 Å². The van der Waals surface area contributed by atoms with Crippen LogP contribution in [0.5, 0.6) is 0 Å². The molecule has 0 heterocycles. The van der Waals surface area contributed by atoms with E-state index in [1.807, 2.05) is 0 Å². The van der Waals surface area contributed by atoms with Crippen LogP contribution in [0.25, 0.3) is 0 Å². The lowest BCUT2D eigenvalue weighted by atomic mass is 9.77. The highest BCUT2D eigenvalue weighted by Crippen LogP contribution is 2.38. The van der Waals surface area contributed by atoms with Crippen molar-refractivity contribution in [3.8, 4) is 0 Å². The summed E-state index contributed by atoms with van der Waals surface area (Å²) in [5, 5.41) is 0. The van der Waals surface area contributed by atoms with Crippen LogP contribution in [0, 0.1) is 5.92 Å². The van der Waals surface area contributed by atoms with Gasteiger partial charge in [0.15, 0.2) is 0 Å². The van der Waals surface area contributed by atoms with Gasteiger partial charge in [0.1, 0.15) is 0 Å². The highest BCUT2D eigenvalue weighted by atomic mass is 14.3. The van der Waals surface area contributed by atoms with E-state index in [2.05, 4.69) is 69.3 Å². The molecular weight excluding hydrogens is 300 g/mol. The molecule has 0 N–H and O–H groups in total. The quantitative estimate of drug-likeness (QED) is 0.514. The minimum absolute atomic E-state index is 0.472. The molecule has 3 rings (SSSR count). The van der Waals surface area contributed by atoms with Gasteiger partial charge in [-0.05, 0) is 66.2 Å². The molecule has 1 fully saturated rings. The smallest absolute Gasteiger partial charge is 0.00610 e. The van der Waals surface area contributed by atoms with E-state index in [1.54, 1.807) is 5.56 Å². The minimum atomic E-state index is 0.472. The molecule has 1 atom stereocenters. The summed E-state index contributed by atoms with van der Waals surface area (Å²) < 4.78 is 0. The van der Waals surface area contributed by atoms with E-state index in [9.17, 15) is 0 Å². The predicted molar refractivity (Wildman–Crippen MR) is 109 cm³/mol. The van der Waals surface area contributed by atoms with Gasteiger partial charge in [0.25, 0.3) is 0 Å². The van der Waals surface area contributed by atoms with E-state index in [4.69, 9.17) is 0 Å². The Hall–Kier alpha value is -1.56. The van der Waals surface area contributed by atoms with Gasteiger partial charge in [0.05, 0.1) is 0 Å². The van der Waals surface area contributed by atoms with Crippen LogP contribution in [0.3, 0.4) is 0 Å². The summed E-state index contributed by atoms with van der Waals surface area (Å²) in [4.78, 5) is 0. The van der Waals surface area contributed by atoms with Crippen LogP contribution in [0.4, 0.5) is 0 Å². The Morgan fingerprint density at radius 2 is 1.36 bits per heavy atom. The second-order valence-electron chi connectivity index (χ2n) is 7.99. The average Bonchev–Trinajstić information content (AvgIpc) is 2.68. The Kier molecular flexibility index (Phi) is 6.34. The molecule has 0 aromatic heterocycles. The fraction of sp³-hybridized carbons (Fsp3) is 0.520. The van der Waals surface area contributed by atoms with Crippen molar-refractivity contribution in [2.24, 2.45) is 5.92 Å².